The van der Waals surface area contributed by atoms with Crippen LogP contribution in [0.25, 0.3) is 0 Å². The van der Waals surface area contributed by atoms with Gasteiger partial charge in [0.15, 0.2) is 0 Å². The van der Waals surface area contributed by atoms with E-state index in [1.807, 2.05) is 0 Å². The number of unbranched alkanes of at least 4 members (excludes halogenated alkanes) is 9. The number of hydrogen-bond donors (Lipinski definition) is 0. The summed E-state index contributed by atoms with van der Waals surface area (Å²) in [6, 6.07) is 0. The van der Waals surface area contributed by atoms with Crippen LogP contribution in [0.1, 0.15) is 157 Å². The van der Waals surface area contributed by atoms with Gasteiger partial charge in [-0.25, -0.2) is 0 Å². The molecule has 0 aliphatic carbocycles. The summed E-state index contributed by atoms with van der Waals surface area (Å²) >= 11 is 0. The first-order chi connectivity index (χ1) is 16.6. The van der Waals surface area contributed by atoms with E-state index in [-0.39, 0.29) is 5.41 Å². The molecular formula is C31H62O3. The average Bonchev–Trinajstić information content (AvgIpc) is 2.84. The molecular weight excluding hydrogens is 420 g/mol. The van der Waals surface area contributed by atoms with Crippen LogP contribution in [-0.2, 0) is 14.2 Å². The first-order valence-electron chi connectivity index (χ1n) is 15.1. The molecule has 0 saturated heterocycles. The fraction of sp³-hybridized carbons (Fsp3) is 0.935. The molecule has 0 aliphatic heterocycles. The quantitative estimate of drug-likeness (QED) is 0.0697. The molecule has 0 rings (SSSR count). The molecule has 204 valence electrons. The Morgan fingerprint density at radius 1 is 0.500 bits per heavy atom. The molecule has 1 atom stereocenters. The van der Waals surface area contributed by atoms with Gasteiger partial charge in [-0.15, -0.1) is 0 Å². The predicted octanol–water partition coefficient (Wildman–Crippen LogP) is 10.4. The number of allylic oxidation sites excluding steroid dienone is 2. The monoisotopic (exact) mass is 482 g/mol. The Balaban J connectivity index is 6.01. The van der Waals surface area contributed by atoms with E-state index < -0.39 is 5.97 Å². The van der Waals surface area contributed by atoms with Crippen LogP contribution in [0.3, 0.4) is 0 Å². The number of ether oxygens (including phenoxy) is 3. The highest BCUT2D eigenvalue weighted by atomic mass is 16.9. The molecule has 0 amide bonds. The summed E-state index contributed by atoms with van der Waals surface area (Å²) < 4.78 is 20.3. The van der Waals surface area contributed by atoms with Crippen LogP contribution in [-0.4, -0.2) is 25.8 Å². The standard InChI is InChI=1S/C31H62O3/c1-7-13-18-20-21-23-26-30(24-12-6,25-22-19-14-8-2)31(32-27-15-9-3,33-28-16-10-4)34-29-17-11-5/h8,14H,7,9-13,15-29H2,1-6H3. The van der Waals surface area contributed by atoms with Crippen molar-refractivity contribution in [2.75, 3.05) is 19.8 Å². The van der Waals surface area contributed by atoms with Crippen LogP contribution >= 0.6 is 0 Å². The normalized spacial score (nSPS) is 14.2. The van der Waals surface area contributed by atoms with Crippen molar-refractivity contribution in [1.82, 2.24) is 0 Å². The molecule has 34 heavy (non-hydrogen) atoms. The van der Waals surface area contributed by atoms with Crippen molar-refractivity contribution in [2.24, 2.45) is 5.41 Å². The summed E-state index contributed by atoms with van der Waals surface area (Å²) in [7, 11) is 0. The summed E-state index contributed by atoms with van der Waals surface area (Å²) in [6.45, 7) is 15.6. The van der Waals surface area contributed by atoms with Gasteiger partial charge in [0.2, 0.25) is 0 Å². The van der Waals surface area contributed by atoms with Gasteiger partial charge in [0, 0.05) is 0 Å². The number of rotatable bonds is 26. The van der Waals surface area contributed by atoms with E-state index in [4.69, 9.17) is 14.2 Å². The smallest absolute Gasteiger partial charge is 0.288 e. The summed E-state index contributed by atoms with van der Waals surface area (Å²) in [6.07, 6.45) is 25.6. The fourth-order valence-electron chi connectivity index (χ4n) is 4.92. The van der Waals surface area contributed by atoms with E-state index in [1.54, 1.807) is 0 Å². The van der Waals surface area contributed by atoms with Gasteiger partial charge in [-0.05, 0) is 58.3 Å². The molecule has 0 radical (unpaired) electrons. The first-order valence-corrected chi connectivity index (χ1v) is 15.1. The van der Waals surface area contributed by atoms with Gasteiger partial charge in [0.1, 0.15) is 0 Å². The zero-order valence-corrected chi connectivity index (χ0v) is 24.2. The highest BCUT2D eigenvalue weighted by molar-refractivity contribution is 4.91. The van der Waals surface area contributed by atoms with Crippen molar-refractivity contribution in [3.63, 3.8) is 0 Å². The Labute approximate surface area is 214 Å². The highest BCUT2D eigenvalue weighted by Gasteiger charge is 2.54. The third kappa shape index (κ3) is 13.6. The van der Waals surface area contributed by atoms with Crippen LogP contribution in [0.2, 0.25) is 0 Å². The maximum atomic E-state index is 6.77. The fourth-order valence-corrected chi connectivity index (χ4v) is 4.92. The largest absolute Gasteiger partial charge is 0.327 e. The van der Waals surface area contributed by atoms with Crippen molar-refractivity contribution in [1.29, 1.82) is 0 Å². The molecule has 0 saturated carbocycles. The van der Waals surface area contributed by atoms with Gasteiger partial charge in [-0.2, -0.15) is 0 Å². The lowest BCUT2D eigenvalue weighted by Gasteiger charge is -2.49. The zero-order valence-electron chi connectivity index (χ0n) is 24.2. The number of hydrogen-bond acceptors (Lipinski definition) is 3. The van der Waals surface area contributed by atoms with Crippen molar-refractivity contribution in [3.05, 3.63) is 12.2 Å². The first kappa shape index (κ1) is 33.6. The zero-order chi connectivity index (χ0) is 25.4. The molecule has 0 spiro atoms. The van der Waals surface area contributed by atoms with Crippen molar-refractivity contribution in [2.45, 2.75) is 163 Å². The Bertz CT molecular complexity index is 421. The van der Waals surface area contributed by atoms with Crippen LogP contribution in [0, 0.1) is 5.41 Å². The highest BCUT2D eigenvalue weighted by Crippen LogP contribution is 2.49. The maximum absolute atomic E-state index is 6.77. The van der Waals surface area contributed by atoms with Crippen molar-refractivity contribution < 1.29 is 14.2 Å². The lowest BCUT2D eigenvalue weighted by atomic mass is 9.72. The molecule has 0 N–H and O–H groups in total. The summed E-state index contributed by atoms with van der Waals surface area (Å²) in [5, 5.41) is 0. The van der Waals surface area contributed by atoms with E-state index in [2.05, 4.69) is 53.7 Å². The Kier molecular flexibility index (Phi) is 22.8. The second-order valence-electron chi connectivity index (χ2n) is 10.2. The molecule has 0 heterocycles. The van der Waals surface area contributed by atoms with E-state index in [0.717, 1.165) is 77.0 Å². The van der Waals surface area contributed by atoms with Crippen LogP contribution in [0.4, 0.5) is 0 Å². The second-order valence-corrected chi connectivity index (χ2v) is 10.2. The van der Waals surface area contributed by atoms with E-state index in [1.165, 1.54) is 38.5 Å². The molecule has 0 aromatic rings. The van der Waals surface area contributed by atoms with Gasteiger partial charge in [0.05, 0.1) is 25.2 Å². The minimum atomic E-state index is -0.915. The van der Waals surface area contributed by atoms with Gasteiger partial charge in [0.25, 0.3) is 5.97 Å². The molecule has 3 nitrogen and oxygen atoms in total. The SMILES string of the molecule is CC=CCCCC(CCC)(CCCCCCCC)C(OCCCC)(OCCCC)OCCCC. The van der Waals surface area contributed by atoms with Gasteiger partial charge < -0.3 is 14.2 Å². The van der Waals surface area contributed by atoms with E-state index in [9.17, 15) is 0 Å². The lowest BCUT2D eigenvalue weighted by molar-refractivity contribution is -0.435. The maximum Gasteiger partial charge on any atom is 0.288 e. The molecule has 0 fully saturated rings. The Morgan fingerprint density at radius 2 is 0.971 bits per heavy atom. The summed E-state index contributed by atoms with van der Waals surface area (Å²) in [4.78, 5) is 0. The Hall–Kier alpha value is -0.380. The minimum Gasteiger partial charge on any atom is -0.327 e. The molecule has 0 bridgehead atoms. The summed E-state index contributed by atoms with van der Waals surface area (Å²) in [5.74, 6) is -0.915. The lowest BCUT2D eigenvalue weighted by Crippen LogP contribution is -2.55. The molecule has 3 heteroatoms. The Morgan fingerprint density at radius 3 is 1.44 bits per heavy atom. The summed E-state index contributed by atoms with van der Waals surface area (Å²) in [5.41, 5.74) is -0.0939. The molecule has 1 unspecified atom stereocenters. The minimum absolute atomic E-state index is 0.0939. The van der Waals surface area contributed by atoms with Crippen LogP contribution in [0.15, 0.2) is 12.2 Å². The second kappa shape index (κ2) is 23.0. The van der Waals surface area contributed by atoms with Crippen LogP contribution in [0.5, 0.6) is 0 Å². The third-order valence-electron chi connectivity index (χ3n) is 7.02. The van der Waals surface area contributed by atoms with Crippen molar-refractivity contribution >= 4 is 0 Å². The topological polar surface area (TPSA) is 27.7 Å². The molecule has 0 aromatic heterocycles. The molecule has 0 aliphatic rings. The predicted molar refractivity (Wildman–Crippen MR) is 149 cm³/mol. The van der Waals surface area contributed by atoms with Gasteiger partial charge >= 0.3 is 0 Å². The van der Waals surface area contributed by atoms with E-state index >= 15 is 0 Å². The molecule has 0 aromatic carbocycles. The average molecular weight is 483 g/mol. The van der Waals surface area contributed by atoms with Gasteiger partial charge in [-0.1, -0.05) is 111 Å². The third-order valence-corrected chi connectivity index (χ3v) is 7.02. The van der Waals surface area contributed by atoms with Gasteiger partial charge in [-0.3, -0.25) is 0 Å². The van der Waals surface area contributed by atoms with Crippen LogP contribution < -0.4 is 0 Å². The van der Waals surface area contributed by atoms with E-state index in [0.29, 0.717) is 19.8 Å². The van der Waals surface area contributed by atoms with Crippen molar-refractivity contribution in [3.8, 4) is 0 Å².